The zero-order chi connectivity index (χ0) is 11.5. The molecule has 0 aliphatic rings. The highest BCUT2D eigenvalue weighted by Crippen LogP contribution is 2.10. The van der Waals surface area contributed by atoms with E-state index in [-0.39, 0.29) is 5.76 Å². The van der Waals surface area contributed by atoms with Gasteiger partial charge in [0.25, 0.3) is 0 Å². The molecule has 0 bridgehead atoms. The molecule has 84 valence electrons. The summed E-state index contributed by atoms with van der Waals surface area (Å²) in [5.74, 6) is 0.153. The molecule has 0 fully saturated rings. The van der Waals surface area contributed by atoms with Gasteiger partial charge in [-0.15, -0.1) is 0 Å². The van der Waals surface area contributed by atoms with Crippen LogP contribution in [0.25, 0.3) is 0 Å². The smallest absolute Gasteiger partial charge is 0.371 e. The van der Waals surface area contributed by atoms with E-state index in [1.165, 1.54) is 6.07 Å². The largest absolute Gasteiger partial charge is 0.475 e. The van der Waals surface area contributed by atoms with Crippen molar-refractivity contribution in [3.63, 3.8) is 0 Å². The molecule has 2 aromatic heterocycles. The average Bonchev–Trinajstić information content (AvgIpc) is 2.83. The summed E-state index contributed by atoms with van der Waals surface area (Å²) in [6.07, 6.45) is 1.81. The van der Waals surface area contributed by atoms with Crippen molar-refractivity contribution in [3.05, 3.63) is 35.9 Å². The quantitative estimate of drug-likeness (QED) is 0.813. The predicted octanol–water partition coefficient (Wildman–Crippen LogP) is 1.32. The van der Waals surface area contributed by atoms with Gasteiger partial charge in [0.2, 0.25) is 5.76 Å². The van der Waals surface area contributed by atoms with E-state index in [0.717, 1.165) is 5.82 Å². The monoisotopic (exact) mass is 221 g/mol. The van der Waals surface area contributed by atoms with E-state index in [1.807, 2.05) is 19.3 Å². The number of aryl methyl sites for hydroxylation is 1. The molecule has 0 aliphatic heterocycles. The number of carbonyl (C=O) groups is 1. The molecular weight excluding hydrogens is 210 g/mol. The highest BCUT2D eigenvalue weighted by molar-refractivity contribution is 5.84. The first-order valence-corrected chi connectivity index (χ1v) is 4.70. The minimum atomic E-state index is -1.07. The molecule has 0 saturated carbocycles. The van der Waals surface area contributed by atoms with E-state index < -0.39 is 5.97 Å². The first-order chi connectivity index (χ1) is 7.65. The lowest BCUT2D eigenvalue weighted by molar-refractivity contribution is 0.0660. The van der Waals surface area contributed by atoms with Crippen LogP contribution in [0.1, 0.15) is 16.3 Å². The molecule has 2 aromatic rings. The number of anilines is 1. The molecule has 16 heavy (non-hydrogen) atoms. The van der Waals surface area contributed by atoms with E-state index in [9.17, 15) is 4.79 Å². The molecule has 0 aromatic carbocycles. The van der Waals surface area contributed by atoms with Gasteiger partial charge < -0.3 is 14.8 Å². The fourth-order valence-corrected chi connectivity index (χ4v) is 1.27. The Labute approximate surface area is 91.5 Å². The third-order valence-corrected chi connectivity index (χ3v) is 2.03. The summed E-state index contributed by atoms with van der Waals surface area (Å²) < 4.78 is 6.75. The van der Waals surface area contributed by atoms with Crippen LogP contribution in [-0.4, -0.2) is 20.9 Å². The van der Waals surface area contributed by atoms with Crippen LogP contribution in [0.4, 0.5) is 5.82 Å². The van der Waals surface area contributed by atoms with Crippen LogP contribution in [0.2, 0.25) is 0 Å². The number of carboxylic acids is 1. The predicted molar refractivity (Wildman–Crippen MR) is 56.2 cm³/mol. The van der Waals surface area contributed by atoms with Crippen molar-refractivity contribution < 1.29 is 14.3 Å². The third-order valence-electron chi connectivity index (χ3n) is 2.03. The average molecular weight is 221 g/mol. The van der Waals surface area contributed by atoms with Gasteiger partial charge >= 0.3 is 5.97 Å². The Morgan fingerprint density at radius 2 is 2.38 bits per heavy atom. The lowest BCUT2D eigenvalue weighted by Gasteiger charge is -1.98. The number of nitrogens with one attached hydrogen (secondary N) is 1. The molecule has 0 aliphatic carbocycles. The third kappa shape index (κ3) is 2.22. The molecule has 0 atom stereocenters. The SMILES string of the molecule is Cn1ccc(NCc2ccc(C(=O)O)o2)n1. The minimum absolute atomic E-state index is 0.0576. The Hall–Kier alpha value is -2.24. The van der Waals surface area contributed by atoms with Crippen molar-refractivity contribution in [2.45, 2.75) is 6.54 Å². The van der Waals surface area contributed by atoms with Gasteiger partial charge in [-0.2, -0.15) is 5.10 Å². The molecule has 0 amide bonds. The van der Waals surface area contributed by atoms with Crippen LogP contribution >= 0.6 is 0 Å². The number of aromatic carboxylic acids is 1. The van der Waals surface area contributed by atoms with Crippen LogP contribution in [0, 0.1) is 0 Å². The summed E-state index contributed by atoms with van der Waals surface area (Å²) in [7, 11) is 1.82. The Balaban J connectivity index is 1.97. The van der Waals surface area contributed by atoms with Crippen molar-refractivity contribution in [2.24, 2.45) is 7.05 Å². The molecule has 2 N–H and O–H groups in total. The molecule has 0 saturated heterocycles. The number of rotatable bonds is 4. The van der Waals surface area contributed by atoms with Crippen LogP contribution in [0.3, 0.4) is 0 Å². The van der Waals surface area contributed by atoms with Gasteiger partial charge in [0.05, 0.1) is 6.54 Å². The van der Waals surface area contributed by atoms with Crippen LogP contribution in [-0.2, 0) is 13.6 Å². The molecule has 2 rings (SSSR count). The first kappa shape index (κ1) is 10.3. The minimum Gasteiger partial charge on any atom is -0.475 e. The Morgan fingerprint density at radius 1 is 1.56 bits per heavy atom. The molecular formula is C10H11N3O3. The van der Waals surface area contributed by atoms with E-state index >= 15 is 0 Å². The van der Waals surface area contributed by atoms with Crippen molar-refractivity contribution in [1.29, 1.82) is 0 Å². The lowest BCUT2D eigenvalue weighted by atomic mass is 10.4. The maximum atomic E-state index is 10.6. The van der Waals surface area contributed by atoms with Crippen LogP contribution < -0.4 is 5.32 Å². The number of carboxylic acid groups (broad SMARTS) is 1. The van der Waals surface area contributed by atoms with E-state index in [0.29, 0.717) is 12.3 Å². The lowest BCUT2D eigenvalue weighted by Crippen LogP contribution is -2.00. The number of hydrogen-bond donors (Lipinski definition) is 2. The standard InChI is InChI=1S/C10H11N3O3/c1-13-5-4-9(12-13)11-6-7-2-3-8(16-7)10(14)15/h2-5H,6H2,1H3,(H,11,12)(H,14,15). The van der Waals surface area contributed by atoms with Crippen molar-refractivity contribution in [3.8, 4) is 0 Å². The summed E-state index contributed by atoms with van der Waals surface area (Å²) >= 11 is 0. The first-order valence-electron chi connectivity index (χ1n) is 4.70. The fourth-order valence-electron chi connectivity index (χ4n) is 1.27. The second-order valence-electron chi connectivity index (χ2n) is 3.30. The van der Waals surface area contributed by atoms with Gasteiger partial charge in [-0.25, -0.2) is 4.79 Å². The Bertz CT molecular complexity index is 501. The van der Waals surface area contributed by atoms with Gasteiger partial charge in [-0.05, 0) is 12.1 Å². The van der Waals surface area contributed by atoms with E-state index in [4.69, 9.17) is 9.52 Å². The highest BCUT2D eigenvalue weighted by Gasteiger charge is 2.08. The zero-order valence-electron chi connectivity index (χ0n) is 8.67. The van der Waals surface area contributed by atoms with Crippen molar-refractivity contribution >= 4 is 11.8 Å². The topological polar surface area (TPSA) is 80.3 Å². The van der Waals surface area contributed by atoms with Gasteiger partial charge in [-0.1, -0.05) is 0 Å². The molecule has 2 heterocycles. The van der Waals surface area contributed by atoms with Gasteiger partial charge in [0.1, 0.15) is 11.6 Å². The molecule has 0 spiro atoms. The second-order valence-corrected chi connectivity index (χ2v) is 3.30. The molecule has 0 radical (unpaired) electrons. The molecule has 6 nitrogen and oxygen atoms in total. The summed E-state index contributed by atoms with van der Waals surface area (Å²) in [5.41, 5.74) is 0. The van der Waals surface area contributed by atoms with Crippen LogP contribution in [0.15, 0.2) is 28.8 Å². The van der Waals surface area contributed by atoms with Gasteiger partial charge in [-0.3, -0.25) is 4.68 Å². The maximum absolute atomic E-state index is 10.6. The number of nitrogens with zero attached hydrogens (tertiary/aromatic N) is 2. The normalized spacial score (nSPS) is 10.3. The summed E-state index contributed by atoms with van der Waals surface area (Å²) in [4.78, 5) is 10.6. The summed E-state index contributed by atoms with van der Waals surface area (Å²) in [5, 5.41) is 15.8. The maximum Gasteiger partial charge on any atom is 0.371 e. The molecule has 0 unspecified atom stereocenters. The fraction of sp³-hybridized carbons (Fsp3) is 0.200. The van der Waals surface area contributed by atoms with Gasteiger partial charge in [0, 0.05) is 19.3 Å². The second kappa shape index (κ2) is 4.09. The Morgan fingerprint density at radius 3 is 2.94 bits per heavy atom. The Kier molecular flexibility index (Phi) is 2.63. The number of aromatic nitrogens is 2. The summed E-state index contributed by atoms with van der Waals surface area (Å²) in [6, 6.07) is 4.87. The van der Waals surface area contributed by atoms with E-state index in [2.05, 4.69) is 10.4 Å². The summed E-state index contributed by atoms with van der Waals surface area (Å²) in [6.45, 7) is 0.407. The number of hydrogen-bond acceptors (Lipinski definition) is 4. The highest BCUT2D eigenvalue weighted by atomic mass is 16.4. The zero-order valence-corrected chi connectivity index (χ0v) is 8.67. The van der Waals surface area contributed by atoms with Crippen LogP contribution in [0.5, 0.6) is 0 Å². The number of furan rings is 1. The van der Waals surface area contributed by atoms with Crippen molar-refractivity contribution in [2.75, 3.05) is 5.32 Å². The van der Waals surface area contributed by atoms with Crippen molar-refractivity contribution in [1.82, 2.24) is 9.78 Å². The van der Waals surface area contributed by atoms with E-state index in [1.54, 1.807) is 10.7 Å². The molecule has 6 heteroatoms. The van der Waals surface area contributed by atoms with Gasteiger partial charge in [0.15, 0.2) is 0 Å².